The van der Waals surface area contributed by atoms with Gasteiger partial charge >= 0.3 is 0 Å². The Morgan fingerprint density at radius 3 is 1.90 bits per heavy atom. The monoisotopic (exact) mass is 1140 g/mol. The number of fused-ring (bicyclic) bond motifs is 4. The van der Waals surface area contributed by atoms with Gasteiger partial charge in [0.25, 0.3) is 0 Å². The normalized spacial score (nSPS) is 13.2. The van der Waals surface area contributed by atoms with Gasteiger partial charge in [-0.2, -0.15) is 11.3 Å². The molecule has 11 aromatic rings. The molecule has 0 fully saturated rings. The number of benzene rings is 8. The molecule has 0 N–H and O–H groups in total. The fourth-order valence-electron chi connectivity index (χ4n) is 9.42. The van der Waals surface area contributed by atoms with Gasteiger partial charge in [0, 0.05) is 44.9 Å². The van der Waals surface area contributed by atoms with E-state index in [0.29, 0.717) is 28.7 Å². The summed E-state index contributed by atoms with van der Waals surface area (Å²) in [6.07, 6.45) is 1.65. The van der Waals surface area contributed by atoms with Gasteiger partial charge in [-0.1, -0.05) is 180 Å². The summed E-state index contributed by atoms with van der Waals surface area (Å²) in [6.45, 7) is 11.1. The van der Waals surface area contributed by atoms with E-state index in [9.17, 15) is 0 Å². The molecule has 0 saturated carbocycles. The van der Waals surface area contributed by atoms with Crippen LogP contribution in [-0.4, -0.2) is 22.6 Å². The molecular weight excluding hydrogens is 1080 g/mol. The van der Waals surface area contributed by atoms with Crippen LogP contribution in [0.2, 0.25) is 19.6 Å². The van der Waals surface area contributed by atoms with Gasteiger partial charge in [-0.15, -0.1) is 53.6 Å². The summed E-state index contributed by atoms with van der Waals surface area (Å²) in [7, 11) is -1.85. The van der Waals surface area contributed by atoms with Crippen LogP contribution in [0.1, 0.15) is 70.0 Å². The van der Waals surface area contributed by atoms with E-state index in [1.165, 1.54) is 82.5 Å². The average molecular weight is 1140 g/mol. The zero-order valence-corrected chi connectivity index (χ0v) is 45.3. The van der Waals surface area contributed by atoms with Crippen molar-refractivity contribution in [1.29, 1.82) is 0 Å². The van der Waals surface area contributed by atoms with Crippen molar-refractivity contribution in [2.45, 2.75) is 72.9 Å². The molecule has 3 heterocycles. The Kier molecular flexibility index (Phi) is 12.3. The van der Waals surface area contributed by atoms with Crippen molar-refractivity contribution in [3.05, 3.63) is 217 Å². The molecule has 6 heteroatoms. The fraction of sp³-hybridized carbons (Fsp3) is 0.169. The van der Waals surface area contributed by atoms with Crippen molar-refractivity contribution in [1.82, 2.24) is 14.5 Å². The molecule has 3 aromatic heterocycles. The number of aromatic nitrogens is 3. The predicted molar refractivity (Wildman–Crippen MR) is 304 cm³/mol. The van der Waals surface area contributed by atoms with Crippen LogP contribution in [0, 0.1) is 25.8 Å². The van der Waals surface area contributed by atoms with Crippen molar-refractivity contribution < 1.29 is 28.3 Å². The van der Waals surface area contributed by atoms with Gasteiger partial charge in [0.05, 0.1) is 24.9 Å². The SMILES string of the molecule is CC(C)c1cc(-c2ccccc2)cc(C(C)C)c1-n1c(-c2[c-]ccc3c2sc2cc(-c4cccc(-c5ccccc5)c4)ccc23)nc2ccccc21.[2H]C([2H])([2H])c1c[c-]c(-c2cc(C([2H])([2H])[2H])c([Si](C)(C)C)cn2)cc1.[Ir]. The Morgan fingerprint density at radius 2 is 1.25 bits per heavy atom. The first-order valence-electron chi connectivity index (χ1n) is 27.0. The van der Waals surface area contributed by atoms with E-state index >= 15 is 0 Å². The van der Waals surface area contributed by atoms with E-state index < -0.39 is 21.8 Å². The molecule has 8 aromatic carbocycles. The summed E-state index contributed by atoms with van der Waals surface area (Å²) in [5, 5.41) is 3.31. The van der Waals surface area contributed by atoms with Gasteiger partial charge in [-0.25, -0.2) is 0 Å². The van der Waals surface area contributed by atoms with Crippen molar-refractivity contribution in [3.63, 3.8) is 0 Å². The summed E-state index contributed by atoms with van der Waals surface area (Å²) in [4.78, 5) is 9.80. The second-order valence-electron chi connectivity index (χ2n) is 19.6. The topological polar surface area (TPSA) is 30.7 Å². The van der Waals surface area contributed by atoms with E-state index in [-0.39, 0.29) is 25.7 Å². The Hall–Kier alpha value is -6.53. The number of hydrogen-bond donors (Lipinski definition) is 0. The summed E-state index contributed by atoms with van der Waals surface area (Å²) < 4.78 is 50.5. The minimum atomic E-state index is -2.22. The Labute approximate surface area is 447 Å². The summed E-state index contributed by atoms with van der Waals surface area (Å²) in [6, 6.07) is 67.5. The summed E-state index contributed by atoms with van der Waals surface area (Å²) in [5.41, 5.74) is 16.0. The van der Waals surface area contributed by atoms with Crippen LogP contribution >= 0.6 is 11.3 Å². The first-order valence-corrected chi connectivity index (χ1v) is 28.3. The molecular formula is C65H59IrN3SSi-2. The third kappa shape index (κ3) is 10.0. The summed E-state index contributed by atoms with van der Waals surface area (Å²) >= 11 is 1.84. The molecule has 1 radical (unpaired) electrons. The van der Waals surface area contributed by atoms with Gasteiger partial charge in [0.1, 0.15) is 0 Å². The average Bonchev–Trinajstić information content (AvgIpc) is 4.05. The Morgan fingerprint density at radius 1 is 0.606 bits per heavy atom. The van der Waals surface area contributed by atoms with Crippen LogP contribution in [-0.2, 0) is 20.1 Å². The van der Waals surface area contributed by atoms with Gasteiger partial charge in [0.2, 0.25) is 0 Å². The zero-order chi connectivity index (χ0) is 53.7. The summed E-state index contributed by atoms with van der Waals surface area (Å²) in [5.74, 6) is 1.53. The standard InChI is InChI=1S/C49H39N2S.C16H20NSi.Ir/c1-31(2)42-28-38(34-17-9-6-10-18-34)29-43(32(3)4)47(42)51-45-24-12-11-23-44(45)50-49(51)41-22-14-21-40-39-26-25-37(30-46(39)52-48(40)41)36-20-13-19-35(27-36)33-15-7-5-8-16-33;1-12-6-8-14(9-7-12)15-10-13(2)16(11-17-15)18(3,4)5;/h5-21,23-32H,1-4H3;6-8,10-11H,1-5H3;/q2*-1;/i;1D3,2D3;. The molecule has 71 heavy (non-hydrogen) atoms. The first-order chi connectivity index (χ1) is 36.2. The van der Waals surface area contributed by atoms with Crippen LogP contribution in [0.15, 0.2) is 182 Å². The van der Waals surface area contributed by atoms with Crippen LogP contribution in [0.4, 0.5) is 0 Å². The van der Waals surface area contributed by atoms with Crippen molar-refractivity contribution >= 4 is 55.8 Å². The second-order valence-corrected chi connectivity index (χ2v) is 25.7. The molecule has 0 aliphatic heterocycles. The number of pyridine rings is 1. The number of aryl methyl sites for hydroxylation is 2. The van der Waals surface area contributed by atoms with Crippen molar-refractivity contribution in [2.24, 2.45) is 0 Å². The third-order valence-electron chi connectivity index (χ3n) is 13.1. The van der Waals surface area contributed by atoms with Crippen LogP contribution in [0.25, 0.3) is 92.9 Å². The van der Waals surface area contributed by atoms with Crippen LogP contribution in [0.3, 0.4) is 0 Å². The van der Waals surface area contributed by atoms with E-state index in [4.69, 9.17) is 13.2 Å². The molecule has 0 bridgehead atoms. The van der Waals surface area contributed by atoms with Gasteiger partial charge in [-0.05, 0) is 121 Å². The number of nitrogens with zero attached hydrogens (tertiary/aromatic N) is 3. The molecule has 0 aliphatic carbocycles. The first kappa shape index (κ1) is 42.2. The maximum atomic E-state index is 7.81. The van der Waals surface area contributed by atoms with Crippen LogP contribution in [0.5, 0.6) is 0 Å². The molecule has 0 aliphatic rings. The van der Waals surface area contributed by atoms with Crippen molar-refractivity contribution in [3.8, 4) is 61.7 Å². The maximum absolute atomic E-state index is 7.81. The van der Waals surface area contributed by atoms with E-state index in [1.807, 2.05) is 11.3 Å². The van der Waals surface area contributed by atoms with E-state index in [0.717, 1.165) is 27.6 Å². The van der Waals surface area contributed by atoms with Gasteiger partial charge in [0.15, 0.2) is 0 Å². The van der Waals surface area contributed by atoms with Crippen LogP contribution < -0.4 is 5.19 Å². The minimum Gasteiger partial charge on any atom is -0.333 e. The number of para-hydroxylation sites is 2. The molecule has 0 saturated heterocycles. The minimum absolute atomic E-state index is 0. The quantitative estimate of drug-likeness (QED) is 0.107. The molecule has 11 rings (SSSR count). The molecule has 0 unspecified atom stereocenters. The molecule has 0 amide bonds. The predicted octanol–water partition coefficient (Wildman–Crippen LogP) is 17.8. The van der Waals surface area contributed by atoms with Gasteiger partial charge in [-0.3, -0.25) is 4.98 Å². The maximum Gasteiger partial charge on any atom is 0.0798 e. The fourth-order valence-corrected chi connectivity index (χ4v) is 12.0. The van der Waals surface area contributed by atoms with Crippen molar-refractivity contribution in [2.75, 3.05) is 0 Å². The third-order valence-corrected chi connectivity index (χ3v) is 16.3. The number of rotatable bonds is 9. The number of thiophene rings is 1. The molecule has 355 valence electrons. The van der Waals surface area contributed by atoms with E-state index in [1.54, 1.807) is 18.3 Å². The van der Waals surface area contributed by atoms with Gasteiger partial charge < -0.3 is 9.55 Å². The molecule has 0 atom stereocenters. The Balaban J connectivity index is 0.000000244. The number of imidazole rings is 1. The largest absolute Gasteiger partial charge is 0.333 e. The van der Waals surface area contributed by atoms with E-state index in [2.05, 4.69) is 221 Å². The smallest absolute Gasteiger partial charge is 0.0798 e. The molecule has 0 spiro atoms. The second kappa shape index (κ2) is 20.7. The Bertz CT molecular complexity index is 3870. The zero-order valence-electron chi connectivity index (χ0n) is 47.1. The number of hydrogen-bond acceptors (Lipinski definition) is 3. The molecule has 3 nitrogen and oxygen atoms in total.